The lowest BCUT2D eigenvalue weighted by molar-refractivity contribution is -0.119. The van der Waals surface area contributed by atoms with Crippen molar-refractivity contribution in [3.8, 4) is 0 Å². The molecule has 2 rings (SSSR count). The Morgan fingerprint density at radius 3 is 2.52 bits per heavy atom. The molecule has 0 aromatic heterocycles. The van der Waals surface area contributed by atoms with E-state index in [-0.39, 0.29) is 5.91 Å². The number of hydrogen-bond donors (Lipinski definition) is 3. The smallest absolute Gasteiger partial charge is 0.231 e. The highest BCUT2D eigenvalue weighted by Crippen LogP contribution is 2.20. The van der Waals surface area contributed by atoms with Gasteiger partial charge in [-0.25, -0.2) is 0 Å². The van der Waals surface area contributed by atoms with Crippen LogP contribution < -0.4 is 16.4 Å². The molecule has 1 amide bonds. The van der Waals surface area contributed by atoms with Gasteiger partial charge in [0.2, 0.25) is 5.91 Å². The second-order valence-electron chi connectivity index (χ2n) is 7.85. The third-order valence-electron chi connectivity index (χ3n) is 5.55. The molecule has 0 unspecified atom stereocenters. The number of ether oxygens (including phenoxy) is 1. The monoisotopic (exact) mass is 381 g/mol. The summed E-state index contributed by atoms with van der Waals surface area (Å²) >= 11 is 0. The van der Waals surface area contributed by atoms with Crippen LogP contribution in [-0.4, -0.2) is 68.7 Å². The van der Waals surface area contributed by atoms with E-state index in [1.165, 1.54) is 38.5 Å². The third kappa shape index (κ3) is 9.42. The first-order valence-electron chi connectivity index (χ1n) is 10.8. The van der Waals surface area contributed by atoms with E-state index in [1.54, 1.807) is 0 Å². The van der Waals surface area contributed by atoms with Gasteiger partial charge in [0.05, 0.1) is 12.6 Å². The van der Waals surface area contributed by atoms with Gasteiger partial charge < -0.3 is 21.1 Å². The Kier molecular flexibility index (Phi) is 10.5. The van der Waals surface area contributed by atoms with Crippen LogP contribution in [0.1, 0.15) is 64.2 Å². The lowest BCUT2D eigenvalue weighted by atomic mass is 9.98. The highest BCUT2D eigenvalue weighted by molar-refractivity contribution is 5.80. The van der Waals surface area contributed by atoms with Crippen LogP contribution >= 0.6 is 0 Å². The van der Waals surface area contributed by atoms with E-state index in [1.807, 2.05) is 7.05 Å². The van der Waals surface area contributed by atoms with E-state index < -0.39 is 0 Å². The Balaban J connectivity index is 1.47. The summed E-state index contributed by atoms with van der Waals surface area (Å²) in [4.78, 5) is 17.4. The van der Waals surface area contributed by atoms with Crippen LogP contribution in [-0.2, 0) is 9.53 Å². The number of primary amides is 1. The Morgan fingerprint density at radius 1 is 1.11 bits per heavy atom. The number of hydrogen-bond acceptors (Lipinski definition) is 4. The first-order chi connectivity index (χ1) is 13.2. The molecule has 7 heteroatoms. The quantitative estimate of drug-likeness (QED) is 0.304. The van der Waals surface area contributed by atoms with Gasteiger partial charge in [0.15, 0.2) is 5.96 Å². The predicted octanol–water partition coefficient (Wildman–Crippen LogP) is 1.62. The molecule has 7 nitrogen and oxygen atoms in total. The summed E-state index contributed by atoms with van der Waals surface area (Å²) in [7, 11) is 1.82. The summed E-state index contributed by atoms with van der Waals surface area (Å²) < 4.78 is 5.98. The molecule has 1 saturated heterocycles. The van der Waals surface area contributed by atoms with E-state index in [9.17, 15) is 4.79 Å². The van der Waals surface area contributed by atoms with Crippen molar-refractivity contribution in [3.05, 3.63) is 0 Å². The molecule has 4 N–H and O–H groups in total. The van der Waals surface area contributed by atoms with Gasteiger partial charge in [0.1, 0.15) is 0 Å². The van der Waals surface area contributed by atoms with Gasteiger partial charge in [-0.05, 0) is 44.9 Å². The van der Waals surface area contributed by atoms with Crippen molar-refractivity contribution >= 4 is 11.9 Å². The van der Waals surface area contributed by atoms with E-state index in [2.05, 4.69) is 20.5 Å². The molecule has 0 aromatic carbocycles. The minimum absolute atomic E-state index is 0.247. The summed E-state index contributed by atoms with van der Waals surface area (Å²) in [6.07, 6.45) is 12.6. The van der Waals surface area contributed by atoms with Gasteiger partial charge in [-0.3, -0.25) is 14.7 Å². The first kappa shape index (κ1) is 22.0. The minimum Gasteiger partial charge on any atom is -0.378 e. The number of nitrogens with two attached hydrogens (primary N) is 1. The topological polar surface area (TPSA) is 92.0 Å². The molecule has 0 bridgehead atoms. The molecule has 1 saturated carbocycles. The molecule has 0 atom stereocenters. The number of nitrogens with one attached hydrogen (secondary N) is 2. The van der Waals surface area contributed by atoms with Crippen molar-refractivity contribution in [3.63, 3.8) is 0 Å². The number of piperidine rings is 1. The first-order valence-corrected chi connectivity index (χ1v) is 10.8. The molecular formula is C20H39N5O2. The number of nitrogens with zero attached hydrogens (tertiary/aromatic N) is 2. The molecular weight excluding hydrogens is 342 g/mol. The third-order valence-corrected chi connectivity index (χ3v) is 5.55. The lowest BCUT2D eigenvalue weighted by Gasteiger charge is -2.32. The van der Waals surface area contributed by atoms with E-state index in [0.717, 1.165) is 57.9 Å². The average Bonchev–Trinajstić information content (AvgIpc) is 2.68. The maximum absolute atomic E-state index is 11.0. The minimum atomic E-state index is -0.247. The summed E-state index contributed by atoms with van der Waals surface area (Å²) in [6, 6.07) is 0.407. The van der Waals surface area contributed by atoms with Crippen LogP contribution in [0.15, 0.2) is 4.99 Å². The fourth-order valence-corrected chi connectivity index (χ4v) is 3.94. The number of aliphatic imine (C=N–C) groups is 1. The van der Waals surface area contributed by atoms with Gasteiger partial charge in [-0.1, -0.05) is 19.3 Å². The van der Waals surface area contributed by atoms with Crippen LogP contribution in [0.5, 0.6) is 0 Å². The summed E-state index contributed by atoms with van der Waals surface area (Å²) in [6.45, 7) is 4.01. The van der Waals surface area contributed by atoms with Crippen molar-refractivity contribution in [1.82, 2.24) is 15.5 Å². The highest BCUT2D eigenvalue weighted by atomic mass is 16.5. The van der Waals surface area contributed by atoms with Crippen molar-refractivity contribution in [1.29, 1.82) is 0 Å². The number of amides is 1. The second-order valence-corrected chi connectivity index (χ2v) is 7.85. The zero-order chi connectivity index (χ0) is 19.3. The van der Waals surface area contributed by atoms with Gasteiger partial charge in [0, 0.05) is 39.3 Å². The highest BCUT2D eigenvalue weighted by Gasteiger charge is 2.20. The number of carbonyl (C=O) groups is 1. The van der Waals surface area contributed by atoms with Gasteiger partial charge >= 0.3 is 0 Å². The zero-order valence-electron chi connectivity index (χ0n) is 17.0. The largest absolute Gasteiger partial charge is 0.378 e. The van der Waals surface area contributed by atoms with Crippen molar-refractivity contribution in [2.45, 2.75) is 76.4 Å². The predicted molar refractivity (Wildman–Crippen MR) is 110 cm³/mol. The molecule has 2 fully saturated rings. The van der Waals surface area contributed by atoms with Crippen molar-refractivity contribution in [2.75, 3.05) is 39.8 Å². The lowest BCUT2D eigenvalue weighted by Crippen LogP contribution is -2.49. The molecule has 0 radical (unpaired) electrons. The molecule has 0 aromatic rings. The van der Waals surface area contributed by atoms with Crippen LogP contribution in [0.25, 0.3) is 0 Å². The number of unbranched alkanes of at least 4 members (excludes halogenated alkanes) is 2. The van der Waals surface area contributed by atoms with Crippen LogP contribution in [0, 0.1) is 0 Å². The normalized spacial score (nSPS) is 20.6. The Morgan fingerprint density at radius 2 is 1.85 bits per heavy atom. The van der Waals surface area contributed by atoms with Crippen LogP contribution in [0.4, 0.5) is 0 Å². The Hall–Kier alpha value is -1.34. The standard InChI is InChI=1S/C20H39N5O2/c1-22-20(24-17-10-13-25(14-11-17)16-19(21)26)23-12-6-3-7-15-27-18-8-4-2-5-9-18/h17-18H,2-16H2,1H3,(H2,21,26)(H2,22,23,24). The fraction of sp³-hybridized carbons (Fsp3) is 0.900. The summed E-state index contributed by atoms with van der Waals surface area (Å²) in [5.41, 5.74) is 5.26. The fourth-order valence-electron chi connectivity index (χ4n) is 3.94. The number of rotatable bonds is 10. The second kappa shape index (κ2) is 12.9. The Bertz CT molecular complexity index is 444. The van der Waals surface area contributed by atoms with Gasteiger partial charge in [-0.2, -0.15) is 0 Å². The molecule has 1 heterocycles. The number of likely N-dealkylation sites (tertiary alicyclic amines) is 1. The van der Waals surface area contributed by atoms with E-state index in [4.69, 9.17) is 10.5 Å². The SMILES string of the molecule is CN=C(NCCCCCOC1CCCCC1)NC1CCN(CC(N)=O)CC1. The Labute approximate surface area is 164 Å². The van der Waals surface area contributed by atoms with Crippen molar-refractivity contribution < 1.29 is 9.53 Å². The molecule has 0 spiro atoms. The van der Waals surface area contributed by atoms with Crippen LogP contribution in [0.3, 0.4) is 0 Å². The zero-order valence-corrected chi connectivity index (χ0v) is 17.0. The maximum atomic E-state index is 11.0. The molecule has 2 aliphatic rings. The molecule has 156 valence electrons. The molecule has 27 heavy (non-hydrogen) atoms. The van der Waals surface area contributed by atoms with E-state index >= 15 is 0 Å². The molecule has 1 aliphatic carbocycles. The summed E-state index contributed by atoms with van der Waals surface area (Å²) in [5, 5.41) is 6.91. The van der Waals surface area contributed by atoms with Gasteiger partial charge in [-0.15, -0.1) is 0 Å². The van der Waals surface area contributed by atoms with Crippen LogP contribution in [0.2, 0.25) is 0 Å². The van der Waals surface area contributed by atoms with E-state index in [0.29, 0.717) is 18.7 Å². The number of carbonyl (C=O) groups excluding carboxylic acids is 1. The molecule has 1 aliphatic heterocycles. The average molecular weight is 382 g/mol. The maximum Gasteiger partial charge on any atom is 0.231 e. The summed E-state index contributed by atoms with van der Waals surface area (Å²) in [5.74, 6) is 0.629. The van der Waals surface area contributed by atoms with Gasteiger partial charge in [0.25, 0.3) is 0 Å². The van der Waals surface area contributed by atoms with Crippen molar-refractivity contribution in [2.24, 2.45) is 10.7 Å². The number of guanidine groups is 1.